The molecule has 124 valence electrons. The van der Waals surface area contributed by atoms with E-state index in [1.807, 2.05) is 61.5 Å². The molecule has 4 nitrogen and oxygen atoms in total. The number of hydrogen-bond donors (Lipinski definition) is 2. The molecule has 2 aromatic carbocycles. The minimum absolute atomic E-state index is 0.0117. The Morgan fingerprint density at radius 2 is 1.88 bits per heavy atom. The zero-order valence-electron chi connectivity index (χ0n) is 13.8. The highest BCUT2D eigenvalue weighted by Crippen LogP contribution is 2.27. The molecule has 4 heteroatoms. The van der Waals surface area contributed by atoms with Crippen molar-refractivity contribution in [3.05, 3.63) is 65.7 Å². The smallest absolute Gasteiger partial charge is 0.227 e. The van der Waals surface area contributed by atoms with Crippen molar-refractivity contribution in [2.75, 3.05) is 5.32 Å². The molecule has 0 saturated heterocycles. The van der Waals surface area contributed by atoms with Crippen LogP contribution in [0.3, 0.4) is 0 Å². The van der Waals surface area contributed by atoms with Gasteiger partial charge in [0.25, 0.3) is 0 Å². The molecule has 0 spiro atoms. The van der Waals surface area contributed by atoms with E-state index in [0.717, 1.165) is 16.8 Å². The van der Waals surface area contributed by atoms with Crippen LogP contribution in [0.5, 0.6) is 0 Å². The van der Waals surface area contributed by atoms with Crippen molar-refractivity contribution in [2.24, 2.45) is 5.92 Å². The molecule has 1 heterocycles. The van der Waals surface area contributed by atoms with Crippen molar-refractivity contribution in [1.29, 1.82) is 0 Å². The second-order valence-electron chi connectivity index (χ2n) is 6.29. The summed E-state index contributed by atoms with van der Waals surface area (Å²) in [7, 11) is 0. The number of rotatable bonds is 5. The molecule has 0 radical (unpaired) electrons. The Hall–Kier alpha value is -2.62. The average Bonchev–Trinajstić information content (AvgIpc) is 2.60. The molecule has 3 rings (SSSR count). The van der Waals surface area contributed by atoms with E-state index >= 15 is 0 Å². The number of carbonyl (C=O) groups excluding carboxylic acids is 2. The summed E-state index contributed by atoms with van der Waals surface area (Å²) >= 11 is 0. The van der Waals surface area contributed by atoms with Gasteiger partial charge >= 0.3 is 0 Å². The lowest BCUT2D eigenvalue weighted by molar-refractivity contribution is -0.123. The first-order valence-electron chi connectivity index (χ1n) is 8.36. The molecule has 0 saturated carbocycles. The van der Waals surface area contributed by atoms with E-state index < -0.39 is 0 Å². The van der Waals surface area contributed by atoms with Crippen LogP contribution in [0, 0.1) is 5.92 Å². The van der Waals surface area contributed by atoms with Gasteiger partial charge in [-0.1, -0.05) is 48.5 Å². The third-order valence-corrected chi connectivity index (χ3v) is 4.51. The molecular weight excluding hydrogens is 300 g/mol. The van der Waals surface area contributed by atoms with Crippen LogP contribution in [-0.2, 0) is 16.0 Å². The Labute approximate surface area is 142 Å². The van der Waals surface area contributed by atoms with E-state index in [1.54, 1.807) is 0 Å². The standard InChI is InChI=1S/C20H22N2O2/c1-14(15-7-3-2-4-8-15)21-19(23)12-11-17-13-16-9-5-6-10-18(16)22-20(17)24/h2-10,14,17H,11-13H2,1H3,(H,21,23)(H,22,24)/t14-,17+/m1/s1. The summed E-state index contributed by atoms with van der Waals surface area (Å²) in [5, 5.41) is 5.93. The van der Waals surface area contributed by atoms with Gasteiger partial charge in [-0.25, -0.2) is 0 Å². The SMILES string of the molecule is C[C@@H](NC(=O)CC[C@H]1Cc2ccccc2NC1=O)c1ccccc1. The third-order valence-electron chi connectivity index (χ3n) is 4.51. The zero-order valence-corrected chi connectivity index (χ0v) is 13.8. The maximum atomic E-state index is 12.2. The van der Waals surface area contributed by atoms with Gasteiger partial charge in [-0.2, -0.15) is 0 Å². The molecule has 0 bridgehead atoms. The van der Waals surface area contributed by atoms with Crippen molar-refractivity contribution < 1.29 is 9.59 Å². The van der Waals surface area contributed by atoms with Crippen LogP contribution in [0.1, 0.15) is 36.9 Å². The highest BCUT2D eigenvalue weighted by atomic mass is 16.2. The van der Waals surface area contributed by atoms with Gasteiger partial charge in [0.1, 0.15) is 0 Å². The minimum atomic E-state index is -0.141. The fraction of sp³-hybridized carbons (Fsp3) is 0.300. The normalized spacial score (nSPS) is 17.5. The first-order chi connectivity index (χ1) is 11.6. The van der Waals surface area contributed by atoms with Crippen LogP contribution in [-0.4, -0.2) is 11.8 Å². The summed E-state index contributed by atoms with van der Waals surface area (Å²) in [4.78, 5) is 24.3. The zero-order chi connectivity index (χ0) is 16.9. The fourth-order valence-corrected chi connectivity index (χ4v) is 3.09. The van der Waals surface area contributed by atoms with Gasteiger partial charge in [0.2, 0.25) is 11.8 Å². The monoisotopic (exact) mass is 322 g/mol. The van der Waals surface area contributed by atoms with E-state index in [0.29, 0.717) is 19.3 Å². The van der Waals surface area contributed by atoms with Crippen LogP contribution in [0.25, 0.3) is 0 Å². The largest absolute Gasteiger partial charge is 0.350 e. The van der Waals surface area contributed by atoms with E-state index in [-0.39, 0.29) is 23.8 Å². The first-order valence-corrected chi connectivity index (χ1v) is 8.36. The van der Waals surface area contributed by atoms with Crippen molar-refractivity contribution >= 4 is 17.5 Å². The molecule has 1 aliphatic heterocycles. The van der Waals surface area contributed by atoms with Crippen molar-refractivity contribution in [2.45, 2.75) is 32.2 Å². The highest BCUT2D eigenvalue weighted by Gasteiger charge is 2.26. The second-order valence-corrected chi connectivity index (χ2v) is 6.29. The minimum Gasteiger partial charge on any atom is -0.350 e. The van der Waals surface area contributed by atoms with Gasteiger partial charge in [0.15, 0.2) is 0 Å². The number of hydrogen-bond acceptors (Lipinski definition) is 2. The van der Waals surface area contributed by atoms with Gasteiger partial charge < -0.3 is 10.6 Å². The van der Waals surface area contributed by atoms with Crippen LogP contribution < -0.4 is 10.6 Å². The quantitative estimate of drug-likeness (QED) is 0.886. The Bertz CT molecular complexity index is 727. The van der Waals surface area contributed by atoms with Gasteiger partial charge in [-0.15, -0.1) is 0 Å². The van der Waals surface area contributed by atoms with Crippen LogP contribution >= 0.6 is 0 Å². The van der Waals surface area contributed by atoms with Crippen molar-refractivity contribution in [1.82, 2.24) is 5.32 Å². The number of fused-ring (bicyclic) bond motifs is 1. The third kappa shape index (κ3) is 3.82. The topological polar surface area (TPSA) is 58.2 Å². The molecule has 24 heavy (non-hydrogen) atoms. The Kier molecular flexibility index (Phi) is 4.94. The number of amides is 2. The van der Waals surface area contributed by atoms with Crippen LogP contribution in [0.2, 0.25) is 0 Å². The summed E-state index contributed by atoms with van der Waals surface area (Å²) in [6.07, 6.45) is 1.62. The Morgan fingerprint density at radius 3 is 2.67 bits per heavy atom. The van der Waals surface area contributed by atoms with Gasteiger partial charge in [0, 0.05) is 18.0 Å². The van der Waals surface area contributed by atoms with Crippen LogP contribution in [0.15, 0.2) is 54.6 Å². The summed E-state index contributed by atoms with van der Waals surface area (Å²) < 4.78 is 0. The Morgan fingerprint density at radius 1 is 1.17 bits per heavy atom. The molecule has 2 N–H and O–H groups in total. The van der Waals surface area contributed by atoms with E-state index in [9.17, 15) is 9.59 Å². The van der Waals surface area contributed by atoms with Gasteiger partial charge in [-0.05, 0) is 37.0 Å². The van der Waals surface area contributed by atoms with E-state index in [2.05, 4.69) is 10.6 Å². The molecule has 2 aromatic rings. The number of para-hydroxylation sites is 1. The molecule has 2 atom stereocenters. The lowest BCUT2D eigenvalue weighted by Crippen LogP contribution is -2.32. The van der Waals surface area contributed by atoms with Crippen molar-refractivity contribution in [3.63, 3.8) is 0 Å². The summed E-state index contributed by atoms with van der Waals surface area (Å²) in [6.45, 7) is 1.97. The Balaban J connectivity index is 1.52. The number of nitrogens with one attached hydrogen (secondary N) is 2. The number of benzene rings is 2. The summed E-state index contributed by atoms with van der Waals surface area (Å²) in [5.74, 6) is -0.145. The molecule has 0 unspecified atom stereocenters. The lowest BCUT2D eigenvalue weighted by atomic mass is 9.89. The molecule has 0 aliphatic carbocycles. The molecule has 0 aromatic heterocycles. The summed E-state index contributed by atoms with van der Waals surface area (Å²) in [6, 6.07) is 17.7. The summed E-state index contributed by atoms with van der Waals surface area (Å²) in [5.41, 5.74) is 3.11. The maximum absolute atomic E-state index is 12.2. The lowest BCUT2D eigenvalue weighted by Gasteiger charge is -2.24. The predicted octanol–water partition coefficient (Wildman–Crippen LogP) is 3.46. The van der Waals surface area contributed by atoms with Crippen molar-refractivity contribution in [3.8, 4) is 0 Å². The molecular formula is C20H22N2O2. The molecule has 0 fully saturated rings. The maximum Gasteiger partial charge on any atom is 0.227 e. The van der Waals surface area contributed by atoms with E-state index in [1.165, 1.54) is 0 Å². The van der Waals surface area contributed by atoms with E-state index in [4.69, 9.17) is 0 Å². The number of anilines is 1. The second kappa shape index (κ2) is 7.30. The molecule has 1 aliphatic rings. The fourth-order valence-electron chi connectivity index (χ4n) is 3.09. The molecule has 2 amide bonds. The van der Waals surface area contributed by atoms with Gasteiger partial charge in [0.05, 0.1) is 6.04 Å². The van der Waals surface area contributed by atoms with Crippen LogP contribution in [0.4, 0.5) is 5.69 Å². The number of carbonyl (C=O) groups is 2. The average molecular weight is 322 g/mol. The predicted molar refractivity (Wildman–Crippen MR) is 94.5 cm³/mol. The highest BCUT2D eigenvalue weighted by molar-refractivity contribution is 5.96. The first kappa shape index (κ1) is 16.2. The van der Waals surface area contributed by atoms with Gasteiger partial charge in [-0.3, -0.25) is 9.59 Å².